The molecule has 0 bridgehead atoms. The Bertz CT molecular complexity index is 1530. The molecule has 2 N–H and O–H groups in total. The molecule has 0 atom stereocenters. The van der Waals surface area contributed by atoms with Gasteiger partial charge < -0.3 is 19.2 Å². The molecule has 0 aliphatic rings. The number of pyridine rings is 1. The summed E-state index contributed by atoms with van der Waals surface area (Å²) < 4.78 is 13.0. The van der Waals surface area contributed by atoms with E-state index in [0.717, 1.165) is 22.8 Å². The first kappa shape index (κ1) is 21.3. The molecule has 0 amide bonds. The number of methoxy groups -OCH3 is 1. The first-order valence-electron chi connectivity index (χ1n) is 10.6. The van der Waals surface area contributed by atoms with E-state index in [0.29, 0.717) is 28.7 Å². The number of aromatic hydroxyl groups is 1. The second-order valence-corrected chi connectivity index (χ2v) is 7.82. The second-order valence-electron chi connectivity index (χ2n) is 7.82. The summed E-state index contributed by atoms with van der Waals surface area (Å²) in [7, 11) is 1.60. The predicted molar refractivity (Wildman–Crippen MR) is 128 cm³/mol. The van der Waals surface area contributed by atoms with Gasteiger partial charge in [-0.1, -0.05) is 6.07 Å². The lowest BCUT2D eigenvalue weighted by Crippen LogP contribution is -2.02. The summed E-state index contributed by atoms with van der Waals surface area (Å²) in [6.45, 7) is 3.64. The molecule has 0 radical (unpaired) electrons. The Kier molecular flexibility index (Phi) is 5.25. The smallest absolute Gasteiger partial charge is 0.227 e. The average Bonchev–Trinajstić information content (AvgIpc) is 3.46. The maximum absolute atomic E-state index is 12.3. The first-order chi connectivity index (χ1) is 16.5. The van der Waals surface area contributed by atoms with Crippen molar-refractivity contribution in [3.63, 3.8) is 0 Å². The molecule has 0 unspecified atom stereocenters. The average molecular weight is 454 g/mol. The standard InChI is InChI=1S/C26H22N4O4/c1-15-7-12-19(30(15)21-6-4-5-13-27-21)26-28-22(17-8-10-18(33-3)11-9-17)23(29-26)25-24(32)20(31)14-16(2)34-25/h4-14,32H,1-3H3,(H,28,29). The minimum Gasteiger partial charge on any atom is -0.501 e. The number of aromatic amines is 1. The van der Waals surface area contributed by atoms with Crippen molar-refractivity contribution in [2.45, 2.75) is 13.8 Å². The van der Waals surface area contributed by atoms with Gasteiger partial charge in [-0.25, -0.2) is 9.97 Å². The van der Waals surface area contributed by atoms with Gasteiger partial charge in [-0.3, -0.25) is 9.36 Å². The fraction of sp³-hybridized carbons (Fsp3) is 0.115. The highest BCUT2D eigenvalue weighted by molar-refractivity contribution is 5.81. The number of nitrogens with zero attached hydrogens (tertiary/aromatic N) is 3. The fourth-order valence-corrected chi connectivity index (χ4v) is 3.90. The molecule has 4 heterocycles. The Morgan fingerprint density at radius 2 is 1.85 bits per heavy atom. The Hall–Kier alpha value is -4.59. The third-order valence-electron chi connectivity index (χ3n) is 5.54. The maximum Gasteiger partial charge on any atom is 0.227 e. The molecule has 0 aliphatic heterocycles. The Balaban J connectivity index is 1.76. The van der Waals surface area contributed by atoms with Gasteiger partial charge in [-0.05, 0) is 62.4 Å². The van der Waals surface area contributed by atoms with E-state index >= 15 is 0 Å². The summed E-state index contributed by atoms with van der Waals surface area (Å²) in [5.74, 6) is 1.90. The van der Waals surface area contributed by atoms with Crippen molar-refractivity contribution < 1.29 is 14.3 Å². The van der Waals surface area contributed by atoms with Crippen LogP contribution in [0.4, 0.5) is 0 Å². The number of rotatable bonds is 5. The molecule has 0 spiro atoms. The monoisotopic (exact) mass is 454 g/mol. The van der Waals surface area contributed by atoms with Crippen LogP contribution in [-0.2, 0) is 0 Å². The van der Waals surface area contributed by atoms with Gasteiger partial charge in [0.25, 0.3) is 0 Å². The lowest BCUT2D eigenvalue weighted by atomic mass is 10.1. The van der Waals surface area contributed by atoms with Crippen LogP contribution in [0.2, 0.25) is 0 Å². The largest absolute Gasteiger partial charge is 0.501 e. The molecule has 34 heavy (non-hydrogen) atoms. The van der Waals surface area contributed by atoms with Gasteiger partial charge in [0.15, 0.2) is 11.6 Å². The SMILES string of the molecule is COc1ccc(-c2nc(-c3ccc(C)n3-c3ccccn3)[nH]c2-c2oc(C)cc(=O)c2O)cc1. The molecule has 170 valence electrons. The fourth-order valence-electron chi connectivity index (χ4n) is 3.90. The number of imidazole rings is 1. The highest BCUT2D eigenvalue weighted by atomic mass is 16.5. The molecule has 8 heteroatoms. The molecule has 0 saturated heterocycles. The van der Waals surface area contributed by atoms with E-state index in [-0.39, 0.29) is 5.76 Å². The topological polar surface area (TPSA) is 106 Å². The van der Waals surface area contributed by atoms with E-state index in [1.807, 2.05) is 66.1 Å². The quantitative estimate of drug-likeness (QED) is 0.392. The third-order valence-corrected chi connectivity index (χ3v) is 5.54. The van der Waals surface area contributed by atoms with E-state index in [9.17, 15) is 9.90 Å². The van der Waals surface area contributed by atoms with Crippen LogP contribution in [0.3, 0.4) is 0 Å². The van der Waals surface area contributed by atoms with E-state index < -0.39 is 11.2 Å². The van der Waals surface area contributed by atoms with Crippen LogP contribution in [-0.4, -0.2) is 31.7 Å². The molecule has 5 rings (SSSR count). The van der Waals surface area contributed by atoms with Gasteiger partial charge in [-0.15, -0.1) is 0 Å². The molecule has 0 aliphatic carbocycles. The highest BCUT2D eigenvalue weighted by Gasteiger charge is 2.23. The van der Waals surface area contributed by atoms with Gasteiger partial charge >= 0.3 is 0 Å². The second kappa shape index (κ2) is 8.40. The first-order valence-corrected chi connectivity index (χ1v) is 10.6. The number of ether oxygens (including phenoxy) is 1. The third kappa shape index (κ3) is 3.65. The number of aromatic nitrogens is 4. The van der Waals surface area contributed by atoms with Crippen LogP contribution >= 0.6 is 0 Å². The minimum absolute atomic E-state index is 0.0298. The van der Waals surface area contributed by atoms with Crippen molar-refractivity contribution in [3.05, 3.63) is 88.5 Å². The van der Waals surface area contributed by atoms with Crippen LogP contribution in [0.25, 0.3) is 40.0 Å². The molecule has 5 aromatic rings. The predicted octanol–water partition coefficient (Wildman–Crippen LogP) is 4.88. The van der Waals surface area contributed by atoms with Crippen LogP contribution in [0, 0.1) is 13.8 Å². The summed E-state index contributed by atoms with van der Waals surface area (Å²) in [5, 5.41) is 10.6. The van der Waals surface area contributed by atoms with E-state index in [1.165, 1.54) is 6.07 Å². The lowest BCUT2D eigenvalue weighted by Gasteiger charge is -2.09. The number of nitrogens with one attached hydrogen (secondary N) is 1. The van der Waals surface area contributed by atoms with E-state index in [1.54, 1.807) is 20.2 Å². The zero-order chi connectivity index (χ0) is 23.8. The van der Waals surface area contributed by atoms with Crippen molar-refractivity contribution in [3.8, 4) is 51.5 Å². The van der Waals surface area contributed by atoms with Crippen molar-refractivity contribution in [2.24, 2.45) is 0 Å². The van der Waals surface area contributed by atoms with Gasteiger partial charge in [0.1, 0.15) is 28.7 Å². The molecular weight excluding hydrogens is 432 g/mol. The zero-order valence-electron chi connectivity index (χ0n) is 18.9. The zero-order valence-corrected chi connectivity index (χ0v) is 18.9. The van der Waals surface area contributed by atoms with Gasteiger partial charge in [0, 0.05) is 23.5 Å². The van der Waals surface area contributed by atoms with Crippen molar-refractivity contribution in [2.75, 3.05) is 7.11 Å². The Labute approximate surface area is 195 Å². The number of aryl methyl sites for hydroxylation is 2. The van der Waals surface area contributed by atoms with Crippen LogP contribution in [0.1, 0.15) is 11.5 Å². The van der Waals surface area contributed by atoms with Gasteiger partial charge in [0.2, 0.25) is 11.2 Å². The van der Waals surface area contributed by atoms with Gasteiger partial charge in [-0.2, -0.15) is 0 Å². The van der Waals surface area contributed by atoms with E-state index in [4.69, 9.17) is 14.1 Å². The number of benzene rings is 1. The summed E-state index contributed by atoms with van der Waals surface area (Å²) in [6.07, 6.45) is 1.73. The van der Waals surface area contributed by atoms with Crippen molar-refractivity contribution in [1.82, 2.24) is 19.5 Å². The normalized spacial score (nSPS) is 11.0. The summed E-state index contributed by atoms with van der Waals surface area (Å²) in [6, 6.07) is 18.2. The summed E-state index contributed by atoms with van der Waals surface area (Å²) in [5.41, 5.74) is 2.89. The van der Waals surface area contributed by atoms with Crippen LogP contribution in [0.5, 0.6) is 11.5 Å². The number of hydrogen-bond donors (Lipinski definition) is 2. The molecule has 1 aromatic carbocycles. The summed E-state index contributed by atoms with van der Waals surface area (Å²) >= 11 is 0. The Morgan fingerprint density at radius 3 is 2.56 bits per heavy atom. The molecule has 0 fully saturated rings. The lowest BCUT2D eigenvalue weighted by molar-refractivity contribution is 0.415. The molecular formula is C26H22N4O4. The Morgan fingerprint density at radius 1 is 1.06 bits per heavy atom. The van der Waals surface area contributed by atoms with Crippen LogP contribution < -0.4 is 10.2 Å². The minimum atomic E-state index is -0.525. The number of H-pyrrole nitrogens is 1. The van der Waals surface area contributed by atoms with Crippen molar-refractivity contribution >= 4 is 0 Å². The number of hydrogen-bond acceptors (Lipinski definition) is 6. The van der Waals surface area contributed by atoms with Crippen LogP contribution in [0.15, 0.2) is 76.1 Å². The van der Waals surface area contributed by atoms with Crippen molar-refractivity contribution in [1.29, 1.82) is 0 Å². The molecule has 0 saturated carbocycles. The van der Waals surface area contributed by atoms with E-state index in [2.05, 4.69) is 9.97 Å². The maximum atomic E-state index is 12.3. The van der Waals surface area contributed by atoms with Gasteiger partial charge in [0.05, 0.1) is 12.8 Å². The highest BCUT2D eigenvalue weighted by Crippen LogP contribution is 2.37. The molecule has 8 nitrogen and oxygen atoms in total. The summed E-state index contributed by atoms with van der Waals surface area (Å²) in [4.78, 5) is 24.9. The molecule has 4 aromatic heterocycles.